The molecule has 0 radical (unpaired) electrons. The first-order valence-corrected chi connectivity index (χ1v) is 8.94. The Hall–Kier alpha value is -3.89. The van der Waals surface area contributed by atoms with E-state index >= 15 is 0 Å². The topological polar surface area (TPSA) is 110 Å². The number of rotatable bonds is 8. The summed E-state index contributed by atoms with van der Waals surface area (Å²) >= 11 is 0. The zero-order chi connectivity index (χ0) is 20.6. The number of nitrogens with one attached hydrogen (secondary N) is 1. The van der Waals surface area contributed by atoms with Crippen molar-refractivity contribution in [2.24, 2.45) is 5.73 Å². The van der Waals surface area contributed by atoms with Gasteiger partial charge in [-0.2, -0.15) is 5.26 Å². The third-order valence-electron chi connectivity index (χ3n) is 4.01. The van der Waals surface area contributed by atoms with Crippen LogP contribution in [0.3, 0.4) is 0 Å². The van der Waals surface area contributed by atoms with Crippen molar-refractivity contribution in [1.82, 2.24) is 4.98 Å². The van der Waals surface area contributed by atoms with Gasteiger partial charge < -0.3 is 20.5 Å². The van der Waals surface area contributed by atoms with Gasteiger partial charge in [-0.25, -0.2) is 4.98 Å². The van der Waals surface area contributed by atoms with Crippen molar-refractivity contribution < 1.29 is 14.3 Å². The molecule has 3 rings (SSSR count). The number of hydrogen-bond acceptors (Lipinski definition) is 6. The van der Waals surface area contributed by atoms with Crippen molar-refractivity contribution in [3.8, 4) is 11.8 Å². The lowest BCUT2D eigenvalue weighted by molar-refractivity contribution is -0.0758. The summed E-state index contributed by atoms with van der Waals surface area (Å²) in [4.78, 5) is 15.8. The molecule has 0 bridgehead atoms. The molecular weight excluding hydrogens is 368 g/mol. The van der Waals surface area contributed by atoms with Gasteiger partial charge in [-0.3, -0.25) is 4.79 Å². The van der Waals surface area contributed by atoms with Gasteiger partial charge in [0, 0.05) is 18.0 Å². The quantitative estimate of drug-likeness (QED) is 0.569. The van der Waals surface area contributed by atoms with Crippen LogP contribution in [-0.2, 0) is 11.3 Å². The molecule has 3 N–H and O–H groups in total. The summed E-state index contributed by atoms with van der Waals surface area (Å²) in [6.45, 7) is 2.26. The number of ether oxygens (including phenoxy) is 2. The number of nitriles is 1. The van der Waals surface area contributed by atoms with Crippen molar-refractivity contribution in [2.75, 3.05) is 5.32 Å². The van der Waals surface area contributed by atoms with Crippen molar-refractivity contribution in [3.63, 3.8) is 0 Å². The Morgan fingerprint density at radius 1 is 1.21 bits per heavy atom. The van der Waals surface area contributed by atoms with E-state index in [4.69, 9.17) is 20.5 Å². The number of anilines is 2. The van der Waals surface area contributed by atoms with E-state index in [0.29, 0.717) is 18.0 Å². The van der Waals surface area contributed by atoms with Gasteiger partial charge in [-0.05, 0) is 30.7 Å². The van der Waals surface area contributed by atoms with Gasteiger partial charge in [0.15, 0.2) is 6.29 Å². The number of benzene rings is 2. The standard InChI is InChI=1S/C22H20N4O3/c1-15(28-14-16-6-3-2-4-7-16)29-19-9-5-8-18(11-19)26-22-20(21(24)27)10-17(12-23)13-25-22/h2-11,13,15H,14H2,1H3,(H2,24,27)(H,25,26). The minimum atomic E-state index is -0.674. The Kier molecular flexibility index (Phi) is 6.40. The SMILES string of the molecule is CC(OCc1ccccc1)Oc1cccc(Nc2ncc(C#N)cc2C(N)=O)c1. The van der Waals surface area contributed by atoms with Crippen LogP contribution in [0.1, 0.15) is 28.4 Å². The van der Waals surface area contributed by atoms with Crippen LogP contribution in [-0.4, -0.2) is 17.2 Å². The van der Waals surface area contributed by atoms with E-state index in [-0.39, 0.29) is 16.9 Å². The number of primary amides is 1. The number of carbonyl (C=O) groups is 1. The maximum absolute atomic E-state index is 11.7. The Balaban J connectivity index is 1.67. The van der Waals surface area contributed by atoms with E-state index in [1.807, 2.05) is 43.3 Å². The van der Waals surface area contributed by atoms with Crippen LogP contribution in [0.25, 0.3) is 0 Å². The minimum absolute atomic E-state index is 0.134. The van der Waals surface area contributed by atoms with E-state index in [1.54, 1.807) is 24.3 Å². The first kappa shape index (κ1) is 19.9. The fourth-order valence-corrected chi connectivity index (χ4v) is 2.61. The predicted molar refractivity (Wildman–Crippen MR) is 109 cm³/mol. The van der Waals surface area contributed by atoms with Crippen molar-refractivity contribution in [3.05, 3.63) is 83.6 Å². The van der Waals surface area contributed by atoms with Crippen LogP contribution < -0.4 is 15.8 Å². The van der Waals surface area contributed by atoms with E-state index in [2.05, 4.69) is 10.3 Å². The highest BCUT2D eigenvalue weighted by molar-refractivity contribution is 5.98. The largest absolute Gasteiger partial charge is 0.465 e. The number of nitrogens with zero attached hydrogens (tertiary/aromatic N) is 2. The normalized spacial score (nSPS) is 11.3. The summed E-state index contributed by atoms with van der Waals surface area (Å²) in [5.74, 6) is 0.180. The first-order chi connectivity index (χ1) is 14.0. The molecule has 1 atom stereocenters. The molecule has 0 saturated carbocycles. The summed E-state index contributed by atoms with van der Waals surface area (Å²) in [6, 6.07) is 20.3. The highest BCUT2D eigenvalue weighted by Gasteiger charge is 2.12. The van der Waals surface area contributed by atoms with Crippen LogP contribution in [0.5, 0.6) is 5.75 Å². The Bertz CT molecular complexity index is 1030. The van der Waals surface area contributed by atoms with Crippen molar-refractivity contribution in [1.29, 1.82) is 5.26 Å². The van der Waals surface area contributed by atoms with Crippen molar-refractivity contribution >= 4 is 17.4 Å². The zero-order valence-corrected chi connectivity index (χ0v) is 15.8. The van der Waals surface area contributed by atoms with E-state index < -0.39 is 12.2 Å². The summed E-state index contributed by atoms with van der Waals surface area (Å²) in [6.07, 6.45) is 0.911. The Labute approximate surface area is 168 Å². The van der Waals surface area contributed by atoms with Gasteiger partial charge in [0.1, 0.15) is 17.6 Å². The molecule has 3 aromatic rings. The van der Waals surface area contributed by atoms with Gasteiger partial charge >= 0.3 is 0 Å². The van der Waals surface area contributed by atoms with Crippen LogP contribution in [0.4, 0.5) is 11.5 Å². The summed E-state index contributed by atoms with van der Waals surface area (Å²) < 4.78 is 11.5. The number of aromatic nitrogens is 1. The van der Waals surface area contributed by atoms with Gasteiger partial charge in [-0.1, -0.05) is 36.4 Å². The number of carbonyl (C=O) groups excluding carboxylic acids is 1. The Morgan fingerprint density at radius 2 is 2.00 bits per heavy atom. The lowest BCUT2D eigenvalue weighted by atomic mass is 10.2. The second-order valence-corrected chi connectivity index (χ2v) is 6.23. The van der Waals surface area contributed by atoms with Crippen LogP contribution in [0.15, 0.2) is 66.9 Å². The molecule has 0 saturated heterocycles. The second kappa shape index (κ2) is 9.35. The molecule has 7 nitrogen and oxygen atoms in total. The molecule has 1 amide bonds. The summed E-state index contributed by atoms with van der Waals surface area (Å²) in [7, 11) is 0. The van der Waals surface area contributed by atoms with Gasteiger partial charge in [-0.15, -0.1) is 0 Å². The van der Waals surface area contributed by atoms with Gasteiger partial charge in [0.2, 0.25) is 0 Å². The van der Waals surface area contributed by atoms with Crippen LogP contribution in [0.2, 0.25) is 0 Å². The molecular formula is C22H20N4O3. The predicted octanol–water partition coefficient (Wildman–Crippen LogP) is 3.74. The van der Waals surface area contributed by atoms with Gasteiger partial charge in [0.25, 0.3) is 5.91 Å². The second-order valence-electron chi connectivity index (χ2n) is 6.23. The van der Waals surface area contributed by atoms with Crippen LogP contribution >= 0.6 is 0 Å². The third-order valence-corrected chi connectivity index (χ3v) is 4.01. The highest BCUT2D eigenvalue weighted by Crippen LogP contribution is 2.24. The van der Waals surface area contributed by atoms with E-state index in [0.717, 1.165) is 5.56 Å². The molecule has 7 heteroatoms. The molecule has 29 heavy (non-hydrogen) atoms. The zero-order valence-electron chi connectivity index (χ0n) is 15.8. The summed E-state index contributed by atoms with van der Waals surface area (Å²) in [5.41, 5.74) is 7.50. The molecule has 1 heterocycles. The molecule has 2 aromatic carbocycles. The fourth-order valence-electron chi connectivity index (χ4n) is 2.61. The molecule has 0 aliphatic rings. The minimum Gasteiger partial charge on any atom is -0.465 e. The third kappa shape index (κ3) is 5.54. The lowest BCUT2D eigenvalue weighted by Crippen LogP contribution is -2.16. The maximum Gasteiger partial charge on any atom is 0.252 e. The molecule has 1 unspecified atom stereocenters. The number of pyridine rings is 1. The average molecular weight is 388 g/mol. The summed E-state index contributed by atoms with van der Waals surface area (Å²) in [5, 5.41) is 12.0. The van der Waals surface area contributed by atoms with E-state index in [1.165, 1.54) is 12.3 Å². The lowest BCUT2D eigenvalue weighted by Gasteiger charge is -2.16. The molecule has 0 aliphatic carbocycles. The highest BCUT2D eigenvalue weighted by atomic mass is 16.7. The molecule has 146 valence electrons. The average Bonchev–Trinajstić information content (AvgIpc) is 2.73. The first-order valence-electron chi connectivity index (χ1n) is 8.94. The van der Waals surface area contributed by atoms with Gasteiger partial charge in [0.05, 0.1) is 17.7 Å². The smallest absolute Gasteiger partial charge is 0.252 e. The number of hydrogen-bond donors (Lipinski definition) is 2. The number of nitrogens with two attached hydrogens (primary N) is 1. The van der Waals surface area contributed by atoms with Crippen LogP contribution in [0, 0.1) is 11.3 Å². The molecule has 0 fully saturated rings. The molecule has 0 aliphatic heterocycles. The number of amides is 1. The van der Waals surface area contributed by atoms with E-state index in [9.17, 15) is 4.79 Å². The molecule has 1 aromatic heterocycles. The maximum atomic E-state index is 11.7. The monoisotopic (exact) mass is 388 g/mol. The fraction of sp³-hybridized carbons (Fsp3) is 0.136. The molecule has 0 spiro atoms. The van der Waals surface area contributed by atoms with Crippen molar-refractivity contribution in [2.45, 2.75) is 19.8 Å². The Morgan fingerprint density at radius 3 is 2.72 bits per heavy atom.